The summed E-state index contributed by atoms with van der Waals surface area (Å²) in [5.41, 5.74) is 1.22. The van der Waals surface area contributed by atoms with E-state index in [1.54, 1.807) is 0 Å². The van der Waals surface area contributed by atoms with Crippen LogP contribution in [0.2, 0.25) is 0 Å². The number of hydrogen-bond acceptors (Lipinski definition) is 2. The van der Waals surface area contributed by atoms with E-state index in [-0.39, 0.29) is 12.4 Å². The third kappa shape index (κ3) is 3.40. The molecular weight excluding hydrogens is 210 g/mol. The Hall–Kier alpha value is -0.730. The molecule has 15 heavy (non-hydrogen) atoms. The third-order valence-electron chi connectivity index (χ3n) is 2.73. The summed E-state index contributed by atoms with van der Waals surface area (Å²) in [7, 11) is 0. The van der Waals surface area contributed by atoms with Crippen molar-refractivity contribution in [3.05, 3.63) is 29.8 Å². The van der Waals surface area contributed by atoms with Gasteiger partial charge in [0.05, 0.1) is 6.61 Å². The molecule has 0 spiro atoms. The van der Waals surface area contributed by atoms with Crippen molar-refractivity contribution in [3.8, 4) is 5.75 Å². The Morgan fingerprint density at radius 2 is 2.20 bits per heavy atom. The number of halogens is 1. The zero-order chi connectivity index (χ0) is 9.80. The molecule has 0 bridgehead atoms. The lowest BCUT2D eigenvalue weighted by molar-refractivity contribution is 0.258. The van der Waals surface area contributed by atoms with Crippen molar-refractivity contribution in [2.45, 2.75) is 13.3 Å². The topological polar surface area (TPSA) is 21.3 Å². The van der Waals surface area contributed by atoms with Crippen molar-refractivity contribution in [2.75, 3.05) is 19.7 Å². The average Bonchev–Trinajstić information content (AvgIpc) is 2.69. The molecule has 1 aromatic rings. The second kappa shape index (κ2) is 5.99. The molecule has 0 saturated carbocycles. The smallest absolute Gasteiger partial charge is 0.122 e. The Bertz CT molecular complexity index is 297. The lowest BCUT2D eigenvalue weighted by Gasteiger charge is -2.12. The molecule has 0 amide bonds. The van der Waals surface area contributed by atoms with Gasteiger partial charge in [0.2, 0.25) is 0 Å². The molecule has 2 nitrogen and oxygen atoms in total. The molecule has 1 fully saturated rings. The predicted molar refractivity (Wildman–Crippen MR) is 64.9 cm³/mol. The van der Waals surface area contributed by atoms with Gasteiger partial charge in [-0.3, -0.25) is 0 Å². The Balaban J connectivity index is 0.00000112. The summed E-state index contributed by atoms with van der Waals surface area (Å²) in [6.45, 7) is 5.17. The van der Waals surface area contributed by atoms with Gasteiger partial charge >= 0.3 is 0 Å². The van der Waals surface area contributed by atoms with Gasteiger partial charge in [0, 0.05) is 12.5 Å². The van der Waals surface area contributed by atoms with Crippen molar-refractivity contribution in [1.29, 1.82) is 0 Å². The first kappa shape index (κ1) is 12.3. The zero-order valence-corrected chi connectivity index (χ0v) is 9.85. The fourth-order valence-electron chi connectivity index (χ4n) is 1.78. The quantitative estimate of drug-likeness (QED) is 0.857. The van der Waals surface area contributed by atoms with E-state index in [0.717, 1.165) is 25.4 Å². The van der Waals surface area contributed by atoms with Gasteiger partial charge in [-0.25, -0.2) is 0 Å². The first-order chi connectivity index (χ1) is 6.86. The second-order valence-electron chi connectivity index (χ2n) is 3.94. The van der Waals surface area contributed by atoms with Crippen LogP contribution >= 0.6 is 12.4 Å². The van der Waals surface area contributed by atoms with Crippen LogP contribution in [0, 0.1) is 12.8 Å². The molecule has 1 aliphatic heterocycles. The van der Waals surface area contributed by atoms with Crippen LogP contribution in [0.5, 0.6) is 5.75 Å². The molecule has 1 saturated heterocycles. The lowest BCUT2D eigenvalue weighted by Crippen LogP contribution is -2.15. The summed E-state index contributed by atoms with van der Waals surface area (Å²) >= 11 is 0. The van der Waals surface area contributed by atoms with Gasteiger partial charge in [-0.15, -0.1) is 12.4 Å². The molecule has 1 heterocycles. The molecule has 1 aromatic carbocycles. The maximum Gasteiger partial charge on any atom is 0.122 e. The van der Waals surface area contributed by atoms with Crippen LogP contribution in [0.3, 0.4) is 0 Å². The molecule has 1 aliphatic rings. The number of para-hydroxylation sites is 1. The normalized spacial score (nSPS) is 19.7. The Kier molecular flexibility index (Phi) is 4.92. The van der Waals surface area contributed by atoms with E-state index in [9.17, 15) is 0 Å². The van der Waals surface area contributed by atoms with E-state index in [1.807, 2.05) is 18.2 Å². The molecule has 1 N–H and O–H groups in total. The number of benzene rings is 1. The van der Waals surface area contributed by atoms with E-state index in [1.165, 1.54) is 12.0 Å². The molecular formula is C12H18ClNO. The number of aryl methyl sites for hydroxylation is 1. The SMILES string of the molecule is Cc1ccccc1OCC1CCNC1.Cl. The maximum absolute atomic E-state index is 5.78. The van der Waals surface area contributed by atoms with E-state index in [2.05, 4.69) is 18.3 Å². The molecule has 1 unspecified atom stereocenters. The highest BCUT2D eigenvalue weighted by molar-refractivity contribution is 5.85. The van der Waals surface area contributed by atoms with Crippen molar-refractivity contribution in [2.24, 2.45) is 5.92 Å². The Morgan fingerprint density at radius 1 is 1.40 bits per heavy atom. The van der Waals surface area contributed by atoms with Crippen LogP contribution < -0.4 is 10.1 Å². The van der Waals surface area contributed by atoms with E-state index >= 15 is 0 Å². The zero-order valence-electron chi connectivity index (χ0n) is 9.03. The second-order valence-corrected chi connectivity index (χ2v) is 3.94. The summed E-state index contributed by atoms with van der Waals surface area (Å²) < 4.78 is 5.78. The molecule has 0 aromatic heterocycles. The van der Waals surface area contributed by atoms with Gasteiger partial charge in [-0.2, -0.15) is 0 Å². The number of nitrogens with one attached hydrogen (secondary N) is 1. The van der Waals surface area contributed by atoms with Crippen molar-refractivity contribution < 1.29 is 4.74 Å². The number of rotatable bonds is 3. The van der Waals surface area contributed by atoms with Crippen LogP contribution in [-0.2, 0) is 0 Å². The number of ether oxygens (including phenoxy) is 1. The minimum atomic E-state index is 0. The van der Waals surface area contributed by atoms with Crippen LogP contribution in [0.15, 0.2) is 24.3 Å². The van der Waals surface area contributed by atoms with Gasteiger partial charge in [0.1, 0.15) is 5.75 Å². The standard InChI is InChI=1S/C12H17NO.ClH/c1-10-4-2-3-5-12(10)14-9-11-6-7-13-8-11;/h2-5,11,13H,6-9H2,1H3;1H. The van der Waals surface area contributed by atoms with Crippen LogP contribution in [0.4, 0.5) is 0 Å². The minimum Gasteiger partial charge on any atom is -0.493 e. The fourth-order valence-corrected chi connectivity index (χ4v) is 1.78. The van der Waals surface area contributed by atoms with Crippen LogP contribution in [0.25, 0.3) is 0 Å². The van der Waals surface area contributed by atoms with E-state index < -0.39 is 0 Å². The number of hydrogen-bond donors (Lipinski definition) is 1. The van der Waals surface area contributed by atoms with Crippen molar-refractivity contribution in [3.63, 3.8) is 0 Å². The minimum absolute atomic E-state index is 0. The molecule has 3 heteroatoms. The van der Waals surface area contributed by atoms with Crippen molar-refractivity contribution >= 4 is 12.4 Å². The van der Waals surface area contributed by atoms with Gasteiger partial charge in [-0.1, -0.05) is 18.2 Å². The Morgan fingerprint density at radius 3 is 2.87 bits per heavy atom. The summed E-state index contributed by atoms with van der Waals surface area (Å²) in [5.74, 6) is 1.72. The highest BCUT2D eigenvalue weighted by Gasteiger charge is 2.14. The van der Waals surface area contributed by atoms with Crippen LogP contribution in [-0.4, -0.2) is 19.7 Å². The van der Waals surface area contributed by atoms with Gasteiger partial charge in [0.25, 0.3) is 0 Å². The molecule has 84 valence electrons. The lowest BCUT2D eigenvalue weighted by atomic mass is 10.1. The highest BCUT2D eigenvalue weighted by Crippen LogP contribution is 2.18. The monoisotopic (exact) mass is 227 g/mol. The first-order valence-electron chi connectivity index (χ1n) is 5.25. The largest absolute Gasteiger partial charge is 0.493 e. The maximum atomic E-state index is 5.78. The highest BCUT2D eigenvalue weighted by atomic mass is 35.5. The fraction of sp³-hybridized carbons (Fsp3) is 0.500. The first-order valence-corrected chi connectivity index (χ1v) is 5.25. The van der Waals surface area contributed by atoms with Gasteiger partial charge in [0.15, 0.2) is 0 Å². The molecule has 0 aliphatic carbocycles. The average molecular weight is 228 g/mol. The predicted octanol–water partition coefficient (Wildman–Crippen LogP) is 2.41. The summed E-state index contributed by atoms with van der Waals surface area (Å²) in [4.78, 5) is 0. The van der Waals surface area contributed by atoms with Gasteiger partial charge < -0.3 is 10.1 Å². The van der Waals surface area contributed by atoms with Crippen LogP contribution in [0.1, 0.15) is 12.0 Å². The molecule has 2 rings (SSSR count). The summed E-state index contributed by atoms with van der Waals surface area (Å²) in [5, 5.41) is 3.34. The van der Waals surface area contributed by atoms with Crippen molar-refractivity contribution in [1.82, 2.24) is 5.32 Å². The Labute approximate surface area is 97.4 Å². The van der Waals surface area contributed by atoms with E-state index in [4.69, 9.17) is 4.74 Å². The third-order valence-corrected chi connectivity index (χ3v) is 2.73. The summed E-state index contributed by atoms with van der Waals surface area (Å²) in [6.07, 6.45) is 1.24. The van der Waals surface area contributed by atoms with Gasteiger partial charge in [-0.05, 0) is 31.5 Å². The summed E-state index contributed by atoms with van der Waals surface area (Å²) in [6, 6.07) is 8.19. The molecule has 1 atom stereocenters. The molecule has 0 radical (unpaired) electrons. The van der Waals surface area contributed by atoms with E-state index in [0.29, 0.717) is 5.92 Å².